The van der Waals surface area contributed by atoms with Crippen LogP contribution < -0.4 is 10.2 Å². The van der Waals surface area contributed by atoms with Gasteiger partial charge in [0.15, 0.2) is 0 Å². The SMILES string of the molecule is COCCONCc1ccc(OC)c(Br)c1. The van der Waals surface area contributed by atoms with E-state index in [9.17, 15) is 0 Å². The summed E-state index contributed by atoms with van der Waals surface area (Å²) in [7, 11) is 3.29. The molecule has 90 valence electrons. The van der Waals surface area contributed by atoms with E-state index in [1.807, 2.05) is 18.2 Å². The van der Waals surface area contributed by atoms with Crippen LogP contribution in [0, 0.1) is 0 Å². The van der Waals surface area contributed by atoms with Gasteiger partial charge in [-0.2, -0.15) is 5.48 Å². The molecule has 0 unspecified atom stereocenters. The van der Waals surface area contributed by atoms with Crippen LogP contribution in [0.1, 0.15) is 5.56 Å². The Labute approximate surface area is 104 Å². The van der Waals surface area contributed by atoms with Crippen LogP contribution in [0.4, 0.5) is 0 Å². The molecule has 0 aromatic heterocycles. The van der Waals surface area contributed by atoms with Crippen LogP contribution in [-0.4, -0.2) is 27.4 Å². The number of nitrogens with one attached hydrogen (secondary N) is 1. The largest absolute Gasteiger partial charge is 0.496 e. The minimum atomic E-state index is 0.536. The lowest BCUT2D eigenvalue weighted by atomic mass is 10.2. The lowest BCUT2D eigenvalue weighted by Crippen LogP contribution is -2.17. The van der Waals surface area contributed by atoms with E-state index in [4.69, 9.17) is 14.3 Å². The second kappa shape index (κ2) is 7.62. The maximum absolute atomic E-state index is 5.15. The minimum absolute atomic E-state index is 0.536. The van der Waals surface area contributed by atoms with Crippen LogP contribution in [0.15, 0.2) is 22.7 Å². The Kier molecular flexibility index (Phi) is 6.40. The van der Waals surface area contributed by atoms with Crippen molar-refractivity contribution in [2.75, 3.05) is 27.4 Å². The average Bonchev–Trinajstić information content (AvgIpc) is 2.29. The van der Waals surface area contributed by atoms with Gasteiger partial charge in [0.1, 0.15) is 5.75 Å². The van der Waals surface area contributed by atoms with Crippen LogP contribution in [-0.2, 0) is 16.1 Å². The Morgan fingerprint density at radius 3 is 2.69 bits per heavy atom. The van der Waals surface area contributed by atoms with E-state index in [1.165, 1.54) is 0 Å². The van der Waals surface area contributed by atoms with Gasteiger partial charge >= 0.3 is 0 Å². The zero-order valence-corrected chi connectivity index (χ0v) is 11.0. The van der Waals surface area contributed by atoms with Crippen LogP contribution in [0.3, 0.4) is 0 Å². The maximum atomic E-state index is 5.15. The fraction of sp³-hybridized carbons (Fsp3) is 0.455. The summed E-state index contributed by atoms with van der Waals surface area (Å²) in [5.41, 5.74) is 3.98. The van der Waals surface area contributed by atoms with E-state index in [2.05, 4.69) is 21.4 Å². The van der Waals surface area contributed by atoms with Crippen molar-refractivity contribution in [2.24, 2.45) is 0 Å². The number of benzene rings is 1. The summed E-state index contributed by atoms with van der Waals surface area (Å²) < 4.78 is 10.9. The molecule has 0 saturated heterocycles. The number of hydrogen-bond donors (Lipinski definition) is 1. The van der Waals surface area contributed by atoms with Gasteiger partial charge in [0.25, 0.3) is 0 Å². The number of halogens is 1. The second-order valence-electron chi connectivity index (χ2n) is 3.13. The molecule has 1 N–H and O–H groups in total. The monoisotopic (exact) mass is 289 g/mol. The van der Waals surface area contributed by atoms with E-state index in [1.54, 1.807) is 14.2 Å². The Morgan fingerprint density at radius 2 is 2.06 bits per heavy atom. The number of hydrogen-bond acceptors (Lipinski definition) is 4. The number of methoxy groups -OCH3 is 2. The van der Waals surface area contributed by atoms with Gasteiger partial charge < -0.3 is 9.47 Å². The molecule has 1 aromatic carbocycles. The molecule has 1 aromatic rings. The predicted molar refractivity (Wildman–Crippen MR) is 65.4 cm³/mol. The first kappa shape index (κ1) is 13.4. The summed E-state index contributed by atoms with van der Waals surface area (Å²) in [6.07, 6.45) is 0. The summed E-state index contributed by atoms with van der Waals surface area (Å²) in [6, 6.07) is 5.89. The van der Waals surface area contributed by atoms with Crippen molar-refractivity contribution in [3.8, 4) is 5.75 Å². The quantitative estimate of drug-likeness (QED) is 0.617. The molecular weight excluding hydrogens is 274 g/mol. The molecule has 0 heterocycles. The van der Waals surface area contributed by atoms with Crippen LogP contribution >= 0.6 is 15.9 Å². The maximum Gasteiger partial charge on any atom is 0.133 e. The first-order valence-corrected chi connectivity index (χ1v) is 5.73. The van der Waals surface area contributed by atoms with Crippen LogP contribution in [0.25, 0.3) is 0 Å². The van der Waals surface area contributed by atoms with E-state index in [-0.39, 0.29) is 0 Å². The summed E-state index contributed by atoms with van der Waals surface area (Å²) in [6.45, 7) is 1.76. The highest BCUT2D eigenvalue weighted by Crippen LogP contribution is 2.25. The third kappa shape index (κ3) is 4.49. The lowest BCUT2D eigenvalue weighted by molar-refractivity contribution is 0.00345. The summed E-state index contributed by atoms with van der Waals surface area (Å²) in [5.74, 6) is 0.823. The summed E-state index contributed by atoms with van der Waals surface area (Å²) in [5, 5.41) is 0. The summed E-state index contributed by atoms with van der Waals surface area (Å²) in [4.78, 5) is 5.15. The van der Waals surface area contributed by atoms with Gasteiger partial charge in [-0.25, -0.2) is 0 Å². The number of rotatable bonds is 7. The molecule has 0 spiro atoms. The Morgan fingerprint density at radius 1 is 1.25 bits per heavy atom. The molecule has 0 amide bonds. The van der Waals surface area contributed by atoms with Crippen LogP contribution in [0.2, 0.25) is 0 Å². The molecule has 0 atom stereocenters. The molecule has 0 radical (unpaired) electrons. The van der Waals surface area contributed by atoms with Gasteiger partial charge in [-0.05, 0) is 33.6 Å². The zero-order chi connectivity index (χ0) is 11.8. The van der Waals surface area contributed by atoms with Crippen molar-refractivity contribution >= 4 is 15.9 Å². The molecule has 16 heavy (non-hydrogen) atoms. The molecule has 0 aliphatic heterocycles. The highest BCUT2D eigenvalue weighted by molar-refractivity contribution is 9.10. The molecule has 5 heteroatoms. The normalized spacial score (nSPS) is 10.4. The highest BCUT2D eigenvalue weighted by Gasteiger charge is 2.00. The third-order valence-corrected chi connectivity index (χ3v) is 2.60. The average molecular weight is 290 g/mol. The highest BCUT2D eigenvalue weighted by atomic mass is 79.9. The molecule has 1 rings (SSSR count). The van der Waals surface area contributed by atoms with Crippen LogP contribution in [0.5, 0.6) is 5.75 Å². The number of hydroxylamine groups is 1. The van der Waals surface area contributed by atoms with Gasteiger partial charge in [-0.15, -0.1) is 0 Å². The summed E-state index contributed by atoms with van der Waals surface area (Å²) >= 11 is 3.43. The van der Waals surface area contributed by atoms with Crippen molar-refractivity contribution in [1.29, 1.82) is 0 Å². The Hall–Kier alpha value is -0.620. The van der Waals surface area contributed by atoms with Gasteiger partial charge in [0.05, 0.1) is 24.8 Å². The number of ether oxygens (including phenoxy) is 2. The topological polar surface area (TPSA) is 39.7 Å². The Bertz CT molecular complexity index is 320. The standard InChI is InChI=1S/C11H16BrNO3/c1-14-5-6-16-13-8-9-3-4-11(15-2)10(12)7-9/h3-4,7,13H,5-6,8H2,1-2H3. The lowest BCUT2D eigenvalue weighted by Gasteiger charge is -2.08. The van der Waals surface area contributed by atoms with Crippen molar-refractivity contribution in [3.63, 3.8) is 0 Å². The van der Waals surface area contributed by atoms with Gasteiger partial charge in [-0.1, -0.05) is 6.07 Å². The molecule has 0 bridgehead atoms. The fourth-order valence-corrected chi connectivity index (χ4v) is 1.74. The predicted octanol–water partition coefficient (Wildman–Crippen LogP) is 2.13. The molecular formula is C11H16BrNO3. The van der Waals surface area contributed by atoms with Crippen molar-refractivity contribution in [2.45, 2.75) is 6.54 Å². The molecule has 0 aliphatic rings. The van der Waals surface area contributed by atoms with Gasteiger partial charge in [0, 0.05) is 13.7 Å². The smallest absolute Gasteiger partial charge is 0.133 e. The second-order valence-corrected chi connectivity index (χ2v) is 3.99. The third-order valence-electron chi connectivity index (χ3n) is 1.98. The van der Waals surface area contributed by atoms with E-state index in [0.717, 1.165) is 15.8 Å². The molecule has 0 fully saturated rings. The van der Waals surface area contributed by atoms with Gasteiger partial charge in [0.2, 0.25) is 0 Å². The van der Waals surface area contributed by atoms with Crippen molar-refractivity contribution in [1.82, 2.24) is 5.48 Å². The van der Waals surface area contributed by atoms with E-state index < -0.39 is 0 Å². The first-order valence-electron chi connectivity index (χ1n) is 4.94. The van der Waals surface area contributed by atoms with E-state index in [0.29, 0.717) is 19.8 Å². The molecule has 0 aliphatic carbocycles. The fourth-order valence-electron chi connectivity index (χ4n) is 1.15. The Balaban J connectivity index is 2.34. The van der Waals surface area contributed by atoms with Gasteiger partial charge in [-0.3, -0.25) is 4.84 Å². The van der Waals surface area contributed by atoms with E-state index >= 15 is 0 Å². The van der Waals surface area contributed by atoms with Crippen molar-refractivity contribution in [3.05, 3.63) is 28.2 Å². The molecule has 0 saturated carbocycles. The zero-order valence-electron chi connectivity index (χ0n) is 9.46. The first-order chi connectivity index (χ1) is 7.77. The van der Waals surface area contributed by atoms with Crippen molar-refractivity contribution < 1.29 is 14.3 Å². The minimum Gasteiger partial charge on any atom is -0.496 e. The molecule has 4 nitrogen and oxygen atoms in total.